The Labute approximate surface area is 140 Å². The third kappa shape index (κ3) is 3.85. The third-order valence-corrected chi connectivity index (χ3v) is 4.80. The van der Waals surface area contributed by atoms with Gasteiger partial charge in [0.05, 0.1) is 11.9 Å². The molecule has 122 valence electrons. The number of hydrogen-bond acceptors (Lipinski definition) is 6. The second kappa shape index (κ2) is 7.04. The average molecular weight is 331 g/mol. The summed E-state index contributed by atoms with van der Waals surface area (Å²) in [7, 11) is 0. The fourth-order valence-corrected chi connectivity index (χ4v) is 3.54. The van der Waals surface area contributed by atoms with Crippen molar-refractivity contribution in [2.75, 3.05) is 18.0 Å². The summed E-state index contributed by atoms with van der Waals surface area (Å²) in [5.41, 5.74) is 0.977. The fourth-order valence-electron chi connectivity index (χ4n) is 2.66. The van der Waals surface area contributed by atoms with Crippen molar-refractivity contribution in [3.63, 3.8) is 0 Å². The minimum atomic E-state index is -0.0760. The molecular formula is C16H21N5OS. The van der Waals surface area contributed by atoms with E-state index in [1.165, 1.54) is 11.3 Å². The first kappa shape index (κ1) is 15.9. The number of carbonyl (C=O) groups excluding carboxylic acids is 1. The molecule has 0 bridgehead atoms. The van der Waals surface area contributed by atoms with Crippen LogP contribution >= 0.6 is 11.3 Å². The van der Waals surface area contributed by atoms with E-state index in [1.807, 2.05) is 5.38 Å². The molecule has 1 fully saturated rings. The van der Waals surface area contributed by atoms with Crippen molar-refractivity contribution >= 4 is 23.1 Å². The van der Waals surface area contributed by atoms with Crippen LogP contribution in [0.4, 0.5) is 5.82 Å². The molecule has 6 nitrogen and oxygen atoms in total. The van der Waals surface area contributed by atoms with E-state index < -0.39 is 0 Å². The minimum Gasteiger partial charge on any atom is -0.353 e. The van der Waals surface area contributed by atoms with Crippen molar-refractivity contribution < 1.29 is 4.79 Å². The molecule has 2 aromatic heterocycles. The molecule has 1 aliphatic rings. The first-order valence-corrected chi connectivity index (χ1v) is 8.78. The molecule has 2 aromatic rings. The Morgan fingerprint density at radius 3 is 3.00 bits per heavy atom. The zero-order valence-electron chi connectivity index (χ0n) is 13.4. The number of aromatic nitrogens is 3. The molecule has 3 heterocycles. The standard InChI is InChI=1S/C16H21N5OS/c1-11(2)13-10-23-16(20-13)15(22)19-12-4-3-7-21(9-12)14-8-17-5-6-18-14/h5-6,8,10-12H,3-4,7,9H2,1-2H3,(H,19,22)/t12-/m0/s1. The lowest BCUT2D eigenvalue weighted by molar-refractivity contribution is 0.0932. The van der Waals surface area contributed by atoms with Gasteiger partial charge in [-0.25, -0.2) is 9.97 Å². The predicted molar refractivity (Wildman–Crippen MR) is 90.9 cm³/mol. The minimum absolute atomic E-state index is 0.0760. The van der Waals surface area contributed by atoms with Gasteiger partial charge < -0.3 is 10.2 Å². The predicted octanol–water partition coefficient (Wildman–Crippen LogP) is 2.46. The lowest BCUT2D eigenvalue weighted by Crippen LogP contribution is -2.48. The Balaban J connectivity index is 1.62. The molecule has 1 aliphatic heterocycles. The first-order valence-electron chi connectivity index (χ1n) is 7.90. The molecular weight excluding hydrogens is 310 g/mol. The molecule has 0 spiro atoms. The summed E-state index contributed by atoms with van der Waals surface area (Å²) >= 11 is 1.41. The van der Waals surface area contributed by atoms with Gasteiger partial charge in [-0.05, 0) is 18.8 Å². The van der Waals surface area contributed by atoms with Gasteiger partial charge in [0.1, 0.15) is 5.82 Å². The van der Waals surface area contributed by atoms with E-state index in [2.05, 4.69) is 39.0 Å². The van der Waals surface area contributed by atoms with Crippen LogP contribution in [0.2, 0.25) is 0 Å². The van der Waals surface area contributed by atoms with Crippen molar-refractivity contribution in [1.82, 2.24) is 20.3 Å². The van der Waals surface area contributed by atoms with Crippen LogP contribution < -0.4 is 10.2 Å². The number of nitrogens with one attached hydrogen (secondary N) is 1. The van der Waals surface area contributed by atoms with Crippen molar-refractivity contribution in [3.05, 3.63) is 34.7 Å². The molecule has 0 saturated carbocycles. The Morgan fingerprint density at radius 1 is 1.43 bits per heavy atom. The van der Waals surface area contributed by atoms with E-state index in [0.29, 0.717) is 10.9 Å². The van der Waals surface area contributed by atoms with Gasteiger partial charge in [-0.2, -0.15) is 0 Å². The second-order valence-electron chi connectivity index (χ2n) is 6.05. The monoisotopic (exact) mass is 331 g/mol. The van der Waals surface area contributed by atoms with E-state index >= 15 is 0 Å². The van der Waals surface area contributed by atoms with Crippen molar-refractivity contribution in [2.45, 2.75) is 38.6 Å². The van der Waals surface area contributed by atoms with Gasteiger partial charge >= 0.3 is 0 Å². The highest BCUT2D eigenvalue weighted by Crippen LogP contribution is 2.19. The fraction of sp³-hybridized carbons (Fsp3) is 0.500. The van der Waals surface area contributed by atoms with Gasteiger partial charge in [0.2, 0.25) is 0 Å². The Bertz CT molecular complexity index is 658. The molecule has 0 aromatic carbocycles. The maximum atomic E-state index is 12.4. The number of thiazole rings is 1. The molecule has 0 radical (unpaired) electrons. The van der Waals surface area contributed by atoms with Crippen LogP contribution in [-0.4, -0.2) is 40.0 Å². The summed E-state index contributed by atoms with van der Waals surface area (Å²) in [5.74, 6) is 1.13. The zero-order chi connectivity index (χ0) is 16.2. The van der Waals surface area contributed by atoms with E-state index in [0.717, 1.165) is 37.4 Å². The molecule has 1 N–H and O–H groups in total. The number of carbonyl (C=O) groups is 1. The molecule has 0 aliphatic carbocycles. The maximum Gasteiger partial charge on any atom is 0.280 e. The van der Waals surface area contributed by atoms with Crippen LogP contribution in [0, 0.1) is 0 Å². The van der Waals surface area contributed by atoms with Gasteiger partial charge in [-0.1, -0.05) is 13.8 Å². The van der Waals surface area contributed by atoms with Crippen molar-refractivity contribution in [3.8, 4) is 0 Å². The normalized spacial score (nSPS) is 18.2. The topological polar surface area (TPSA) is 71.0 Å². The van der Waals surface area contributed by atoms with Gasteiger partial charge in [0.25, 0.3) is 5.91 Å². The molecule has 1 saturated heterocycles. The summed E-state index contributed by atoms with van der Waals surface area (Å²) < 4.78 is 0. The van der Waals surface area contributed by atoms with Crippen molar-refractivity contribution in [1.29, 1.82) is 0 Å². The first-order chi connectivity index (χ1) is 11.1. The number of piperidine rings is 1. The highest BCUT2D eigenvalue weighted by molar-refractivity contribution is 7.11. The Kier molecular flexibility index (Phi) is 4.85. The average Bonchev–Trinajstić information content (AvgIpc) is 3.06. The second-order valence-corrected chi connectivity index (χ2v) is 6.91. The van der Waals surface area contributed by atoms with E-state index in [-0.39, 0.29) is 11.9 Å². The van der Waals surface area contributed by atoms with Crippen LogP contribution in [0.5, 0.6) is 0 Å². The molecule has 3 rings (SSSR count). The van der Waals surface area contributed by atoms with Crippen molar-refractivity contribution in [2.24, 2.45) is 0 Å². The summed E-state index contributed by atoms with van der Waals surface area (Å²) in [5, 5.41) is 5.62. The SMILES string of the molecule is CC(C)c1csc(C(=O)N[C@H]2CCCN(c3cnccn3)C2)n1. The molecule has 7 heteroatoms. The lowest BCUT2D eigenvalue weighted by atomic mass is 10.1. The Morgan fingerprint density at radius 2 is 2.30 bits per heavy atom. The summed E-state index contributed by atoms with van der Waals surface area (Å²) in [4.78, 5) is 27.4. The highest BCUT2D eigenvalue weighted by Gasteiger charge is 2.24. The number of hydrogen-bond donors (Lipinski definition) is 1. The summed E-state index contributed by atoms with van der Waals surface area (Å²) in [6.07, 6.45) is 7.13. The van der Waals surface area contributed by atoms with Crippen LogP contribution in [0.15, 0.2) is 24.0 Å². The zero-order valence-corrected chi connectivity index (χ0v) is 14.2. The van der Waals surface area contributed by atoms with Gasteiger partial charge in [0, 0.05) is 36.9 Å². The summed E-state index contributed by atoms with van der Waals surface area (Å²) in [6.45, 7) is 5.86. The smallest absolute Gasteiger partial charge is 0.280 e. The van der Waals surface area contributed by atoms with Crippen LogP contribution in [0.25, 0.3) is 0 Å². The lowest BCUT2D eigenvalue weighted by Gasteiger charge is -2.33. The molecule has 23 heavy (non-hydrogen) atoms. The van der Waals surface area contributed by atoms with E-state index in [1.54, 1.807) is 18.6 Å². The molecule has 1 atom stereocenters. The van der Waals surface area contributed by atoms with E-state index in [9.17, 15) is 4.79 Å². The van der Waals surface area contributed by atoms with Gasteiger partial charge in [0.15, 0.2) is 5.01 Å². The van der Waals surface area contributed by atoms with E-state index in [4.69, 9.17) is 0 Å². The maximum absolute atomic E-state index is 12.4. The number of nitrogens with zero attached hydrogens (tertiary/aromatic N) is 4. The van der Waals surface area contributed by atoms with Crippen LogP contribution in [-0.2, 0) is 0 Å². The number of rotatable bonds is 4. The number of anilines is 1. The third-order valence-electron chi connectivity index (χ3n) is 3.94. The van der Waals surface area contributed by atoms with Crippen LogP contribution in [0.1, 0.15) is 48.1 Å². The quantitative estimate of drug-likeness (QED) is 0.932. The Hall–Kier alpha value is -2.02. The highest BCUT2D eigenvalue weighted by atomic mass is 32.1. The molecule has 1 amide bonds. The summed E-state index contributed by atoms with van der Waals surface area (Å²) in [6, 6.07) is 0.115. The van der Waals surface area contributed by atoms with Gasteiger partial charge in [-0.15, -0.1) is 11.3 Å². The molecule has 0 unspecified atom stereocenters. The number of amides is 1. The largest absolute Gasteiger partial charge is 0.353 e. The van der Waals surface area contributed by atoms with Crippen LogP contribution in [0.3, 0.4) is 0 Å². The van der Waals surface area contributed by atoms with Gasteiger partial charge in [-0.3, -0.25) is 9.78 Å².